The molecule has 0 saturated carbocycles. The maximum atomic E-state index is 13.5. The highest BCUT2D eigenvalue weighted by Crippen LogP contribution is 2.27. The minimum atomic E-state index is -0.308. The Hall–Kier alpha value is -1.95. The van der Waals surface area contributed by atoms with Crippen LogP contribution < -0.4 is 5.73 Å². The number of aromatic nitrogens is 3. The van der Waals surface area contributed by atoms with Crippen LogP contribution in [0.4, 0.5) is 10.3 Å². The molecule has 2 N–H and O–H groups in total. The van der Waals surface area contributed by atoms with Crippen molar-refractivity contribution in [1.29, 1.82) is 0 Å². The van der Waals surface area contributed by atoms with E-state index in [1.54, 1.807) is 22.9 Å². The monoisotopic (exact) mass is 320 g/mol. The van der Waals surface area contributed by atoms with Gasteiger partial charge in [0.05, 0.1) is 10.2 Å². The molecule has 0 radical (unpaired) electrons. The highest BCUT2D eigenvalue weighted by atomic mass is 79.9. The van der Waals surface area contributed by atoms with E-state index in [4.69, 9.17) is 5.73 Å². The van der Waals surface area contributed by atoms with Crippen molar-refractivity contribution in [1.82, 2.24) is 14.5 Å². The van der Waals surface area contributed by atoms with Gasteiger partial charge in [0.15, 0.2) is 5.65 Å². The predicted molar refractivity (Wildman–Crippen MR) is 75.7 cm³/mol. The van der Waals surface area contributed by atoms with Gasteiger partial charge < -0.3 is 5.73 Å². The zero-order valence-corrected chi connectivity index (χ0v) is 11.6. The van der Waals surface area contributed by atoms with Crippen LogP contribution in [0.2, 0.25) is 0 Å². The smallest absolute Gasteiger partial charge is 0.207 e. The van der Waals surface area contributed by atoms with Crippen LogP contribution in [0.1, 0.15) is 5.56 Å². The first kappa shape index (κ1) is 12.1. The molecule has 6 heteroatoms. The zero-order chi connectivity index (χ0) is 13.6. The normalized spacial score (nSPS) is 11.1. The lowest BCUT2D eigenvalue weighted by molar-refractivity contribution is 0.619. The number of imidazole rings is 1. The summed E-state index contributed by atoms with van der Waals surface area (Å²) in [4.78, 5) is 8.53. The number of nitrogen functional groups attached to an aromatic ring is 1. The number of rotatable bonds is 1. The van der Waals surface area contributed by atoms with Crippen molar-refractivity contribution in [3.63, 3.8) is 0 Å². The van der Waals surface area contributed by atoms with Gasteiger partial charge in [0.1, 0.15) is 11.3 Å². The van der Waals surface area contributed by atoms with E-state index in [2.05, 4.69) is 25.9 Å². The molecule has 0 amide bonds. The molecule has 0 unspecified atom stereocenters. The van der Waals surface area contributed by atoms with Crippen molar-refractivity contribution in [2.24, 2.45) is 0 Å². The fourth-order valence-corrected chi connectivity index (χ4v) is 2.38. The minimum Gasteiger partial charge on any atom is -0.369 e. The Morgan fingerprint density at radius 1 is 1.37 bits per heavy atom. The third-order valence-electron chi connectivity index (χ3n) is 2.92. The van der Waals surface area contributed by atoms with Crippen molar-refractivity contribution in [2.75, 3.05) is 5.73 Å². The van der Waals surface area contributed by atoms with Gasteiger partial charge in [0, 0.05) is 6.20 Å². The van der Waals surface area contributed by atoms with Gasteiger partial charge in [0.2, 0.25) is 5.95 Å². The number of aryl methyl sites for hydroxylation is 1. The average Bonchev–Trinajstić information content (AvgIpc) is 2.70. The Bertz CT molecular complexity index is 782. The molecule has 0 aliphatic carbocycles. The third-order valence-corrected chi connectivity index (χ3v) is 3.53. The molecule has 0 atom stereocenters. The van der Waals surface area contributed by atoms with Crippen LogP contribution in [0.15, 0.2) is 34.9 Å². The molecule has 2 aromatic heterocycles. The first-order valence-corrected chi connectivity index (χ1v) is 6.42. The number of nitrogens with two attached hydrogens (primary N) is 1. The van der Waals surface area contributed by atoms with Gasteiger partial charge in [-0.15, -0.1) is 0 Å². The summed E-state index contributed by atoms with van der Waals surface area (Å²) in [5, 5.41) is 0. The summed E-state index contributed by atoms with van der Waals surface area (Å²) in [6, 6.07) is 6.76. The van der Waals surface area contributed by atoms with Gasteiger partial charge >= 0.3 is 0 Å². The summed E-state index contributed by atoms with van der Waals surface area (Å²) in [6.07, 6.45) is 1.67. The largest absolute Gasteiger partial charge is 0.369 e. The molecule has 2 heterocycles. The van der Waals surface area contributed by atoms with E-state index in [1.165, 1.54) is 6.07 Å². The Morgan fingerprint density at radius 3 is 2.95 bits per heavy atom. The summed E-state index contributed by atoms with van der Waals surface area (Å²) >= 11 is 3.18. The highest BCUT2D eigenvalue weighted by molar-refractivity contribution is 9.10. The second kappa shape index (κ2) is 4.31. The molecule has 96 valence electrons. The first-order chi connectivity index (χ1) is 9.08. The number of halogens is 2. The lowest BCUT2D eigenvalue weighted by atomic mass is 10.2. The van der Waals surface area contributed by atoms with Gasteiger partial charge in [-0.3, -0.25) is 4.57 Å². The van der Waals surface area contributed by atoms with Crippen molar-refractivity contribution < 1.29 is 4.39 Å². The van der Waals surface area contributed by atoms with E-state index in [9.17, 15) is 4.39 Å². The molecule has 0 aliphatic rings. The predicted octanol–water partition coefficient (Wildman–Crippen LogP) is 3.21. The molecule has 0 bridgehead atoms. The lowest BCUT2D eigenvalue weighted by Gasteiger charge is -2.10. The molecule has 1 aromatic carbocycles. The number of fused-ring (bicyclic) bond motifs is 1. The topological polar surface area (TPSA) is 56.7 Å². The minimum absolute atomic E-state index is 0.308. The quantitative estimate of drug-likeness (QED) is 0.749. The Kier molecular flexibility index (Phi) is 2.74. The van der Waals surface area contributed by atoms with Crippen LogP contribution in [0.3, 0.4) is 0 Å². The standard InChI is InChI=1S/C13H10BrFN4/c1-7-5-9(15)8(14)6-11(7)19-12-10(18-13(19)16)3-2-4-17-12/h2-6H,1H3,(H2,16,18). The Balaban J connectivity index is 2.36. The van der Waals surface area contributed by atoms with Crippen molar-refractivity contribution >= 4 is 33.0 Å². The second-order valence-electron chi connectivity index (χ2n) is 4.20. The van der Waals surface area contributed by atoms with Gasteiger partial charge in [-0.25, -0.2) is 14.4 Å². The number of hydrogen-bond donors (Lipinski definition) is 1. The van der Waals surface area contributed by atoms with Crippen molar-refractivity contribution in [3.8, 4) is 5.69 Å². The highest BCUT2D eigenvalue weighted by Gasteiger charge is 2.14. The van der Waals surface area contributed by atoms with Crippen LogP contribution >= 0.6 is 15.9 Å². The molecule has 0 spiro atoms. The molecule has 0 saturated heterocycles. The summed E-state index contributed by atoms with van der Waals surface area (Å²) in [7, 11) is 0. The van der Waals surface area contributed by atoms with Crippen molar-refractivity contribution in [3.05, 3.63) is 46.3 Å². The number of pyridine rings is 1. The maximum Gasteiger partial charge on any atom is 0.207 e. The summed E-state index contributed by atoms with van der Waals surface area (Å²) in [6.45, 7) is 1.82. The SMILES string of the molecule is Cc1cc(F)c(Br)cc1-n1c(N)nc2cccnc21. The average molecular weight is 321 g/mol. The zero-order valence-electron chi connectivity index (χ0n) is 10.1. The van der Waals surface area contributed by atoms with Crippen molar-refractivity contribution in [2.45, 2.75) is 6.92 Å². The van der Waals surface area contributed by atoms with Crippen LogP contribution in [0.5, 0.6) is 0 Å². The van der Waals surface area contributed by atoms with Crippen LogP contribution in [0, 0.1) is 12.7 Å². The van der Waals surface area contributed by atoms with E-state index in [0.717, 1.165) is 11.3 Å². The fourth-order valence-electron chi connectivity index (χ4n) is 2.04. The molecular formula is C13H10BrFN4. The van der Waals surface area contributed by atoms with E-state index >= 15 is 0 Å². The molecule has 3 rings (SSSR count). The molecule has 3 aromatic rings. The van der Waals surface area contributed by atoms with E-state index < -0.39 is 0 Å². The van der Waals surface area contributed by atoms with Crippen LogP contribution in [-0.4, -0.2) is 14.5 Å². The van der Waals surface area contributed by atoms with E-state index in [-0.39, 0.29) is 5.82 Å². The van der Waals surface area contributed by atoms with Crippen LogP contribution in [-0.2, 0) is 0 Å². The van der Waals surface area contributed by atoms with Crippen LogP contribution in [0.25, 0.3) is 16.9 Å². The van der Waals surface area contributed by atoms with Gasteiger partial charge in [-0.05, 0) is 52.7 Å². The molecule has 0 aliphatic heterocycles. The summed E-state index contributed by atoms with van der Waals surface area (Å²) in [5.74, 6) is 0.0208. The molecular weight excluding hydrogens is 311 g/mol. The Morgan fingerprint density at radius 2 is 2.16 bits per heavy atom. The second-order valence-corrected chi connectivity index (χ2v) is 5.06. The number of nitrogens with zero attached hydrogens (tertiary/aromatic N) is 3. The number of benzene rings is 1. The molecule has 4 nitrogen and oxygen atoms in total. The Labute approximate surface area is 117 Å². The first-order valence-electron chi connectivity index (χ1n) is 5.63. The summed E-state index contributed by atoms with van der Waals surface area (Å²) in [5.41, 5.74) is 8.83. The summed E-state index contributed by atoms with van der Waals surface area (Å²) < 4.78 is 15.6. The molecule has 0 fully saturated rings. The number of hydrogen-bond acceptors (Lipinski definition) is 3. The van der Waals surface area contributed by atoms with Gasteiger partial charge in [-0.2, -0.15) is 0 Å². The van der Waals surface area contributed by atoms with E-state index in [1.807, 2.05) is 13.0 Å². The number of anilines is 1. The van der Waals surface area contributed by atoms with Gasteiger partial charge in [-0.1, -0.05) is 0 Å². The lowest BCUT2D eigenvalue weighted by Crippen LogP contribution is -2.04. The molecule has 19 heavy (non-hydrogen) atoms. The van der Waals surface area contributed by atoms with Gasteiger partial charge in [0.25, 0.3) is 0 Å². The fraction of sp³-hybridized carbons (Fsp3) is 0.0769. The maximum absolute atomic E-state index is 13.5. The third kappa shape index (κ3) is 1.88. The van der Waals surface area contributed by atoms with E-state index in [0.29, 0.717) is 21.6 Å².